The molecule has 1 amide bonds. The summed E-state index contributed by atoms with van der Waals surface area (Å²) < 4.78 is 5.90. The fraction of sp³-hybridized carbons (Fsp3) is 0.172. The molecule has 1 aromatic heterocycles. The number of carbonyl (C=O) groups excluding carboxylic acids is 1. The Morgan fingerprint density at radius 2 is 1.69 bits per heavy atom. The van der Waals surface area contributed by atoms with Gasteiger partial charge in [-0.2, -0.15) is 0 Å². The molecule has 0 aliphatic heterocycles. The molecule has 0 saturated carbocycles. The van der Waals surface area contributed by atoms with Crippen molar-refractivity contribution in [3.8, 4) is 28.0 Å². The predicted molar refractivity (Wildman–Crippen MR) is 141 cm³/mol. The van der Waals surface area contributed by atoms with Gasteiger partial charge in [-0.25, -0.2) is 4.98 Å². The summed E-state index contributed by atoms with van der Waals surface area (Å²) in [4.78, 5) is 19.0. The third-order valence-corrected chi connectivity index (χ3v) is 5.63. The number of carbonyl (C=O) groups is 1. The van der Waals surface area contributed by atoms with E-state index in [0.29, 0.717) is 24.5 Å². The number of nitrogens with two attached hydrogens (primary N) is 1. The molecule has 6 heteroatoms. The Kier molecular flexibility index (Phi) is 7.75. The zero-order valence-electron chi connectivity index (χ0n) is 20.1. The van der Waals surface area contributed by atoms with Gasteiger partial charge in [-0.15, -0.1) is 0 Å². The summed E-state index contributed by atoms with van der Waals surface area (Å²) in [5.74, 6) is 1.14. The molecule has 0 spiro atoms. The third-order valence-electron chi connectivity index (χ3n) is 5.63. The van der Waals surface area contributed by atoms with Crippen molar-refractivity contribution in [1.82, 2.24) is 15.2 Å². The number of rotatable bonds is 9. The highest BCUT2D eigenvalue weighted by atomic mass is 16.5. The van der Waals surface area contributed by atoms with E-state index in [1.807, 2.05) is 104 Å². The monoisotopic (exact) mass is 466 g/mol. The van der Waals surface area contributed by atoms with Crippen LogP contribution < -0.4 is 15.8 Å². The zero-order chi connectivity index (χ0) is 24.6. The Morgan fingerprint density at radius 3 is 2.43 bits per heavy atom. The van der Waals surface area contributed by atoms with E-state index in [1.165, 1.54) is 0 Å². The van der Waals surface area contributed by atoms with Gasteiger partial charge < -0.3 is 20.7 Å². The lowest BCUT2D eigenvalue weighted by atomic mass is 9.99. The summed E-state index contributed by atoms with van der Waals surface area (Å²) >= 11 is 0. The molecule has 3 N–H and O–H groups in total. The molecule has 0 bridgehead atoms. The molecule has 4 aromatic rings. The number of ether oxygens (including phenoxy) is 1. The van der Waals surface area contributed by atoms with E-state index in [0.717, 1.165) is 40.1 Å². The molecule has 0 saturated heterocycles. The van der Waals surface area contributed by atoms with Crippen LogP contribution in [0.3, 0.4) is 0 Å². The van der Waals surface area contributed by atoms with E-state index in [1.54, 1.807) is 6.20 Å². The van der Waals surface area contributed by atoms with Gasteiger partial charge in [-0.3, -0.25) is 4.79 Å². The van der Waals surface area contributed by atoms with Crippen LogP contribution in [0.25, 0.3) is 22.3 Å². The number of nitrogens with one attached hydrogen (secondary N) is 1. The second-order valence-corrected chi connectivity index (χ2v) is 8.60. The number of nitrogens with zero attached hydrogens (tertiary/aromatic N) is 2. The van der Waals surface area contributed by atoms with E-state index in [4.69, 9.17) is 10.5 Å². The van der Waals surface area contributed by atoms with Gasteiger partial charge >= 0.3 is 0 Å². The van der Waals surface area contributed by atoms with Gasteiger partial charge in [0, 0.05) is 36.0 Å². The number of hydrogen-bond donors (Lipinski definition) is 2. The summed E-state index contributed by atoms with van der Waals surface area (Å²) in [5.41, 5.74) is 11.5. The highest BCUT2D eigenvalue weighted by molar-refractivity contribution is 5.95. The normalized spacial score (nSPS) is 10.8. The van der Waals surface area contributed by atoms with E-state index >= 15 is 0 Å². The highest BCUT2D eigenvalue weighted by Crippen LogP contribution is 2.31. The Labute approximate surface area is 206 Å². The first-order valence-electron chi connectivity index (χ1n) is 11.6. The van der Waals surface area contributed by atoms with Gasteiger partial charge in [0.05, 0.1) is 0 Å². The SMILES string of the molecule is CN(C)CCNC(=O)c1cccc(-c2cnc(N)c(-c3ccc(OCc4ccccc4)cc3)c2)c1. The molecule has 0 aliphatic rings. The van der Waals surface area contributed by atoms with Gasteiger partial charge in [0.25, 0.3) is 5.91 Å². The van der Waals surface area contributed by atoms with E-state index in [9.17, 15) is 4.79 Å². The summed E-state index contributed by atoms with van der Waals surface area (Å²) in [6.45, 7) is 1.89. The molecule has 6 nitrogen and oxygen atoms in total. The maximum atomic E-state index is 12.6. The number of anilines is 1. The van der Waals surface area contributed by atoms with Crippen LogP contribution in [0.1, 0.15) is 15.9 Å². The van der Waals surface area contributed by atoms with Gasteiger partial charge in [-0.1, -0.05) is 54.6 Å². The minimum atomic E-state index is -0.0941. The van der Waals surface area contributed by atoms with Gasteiger partial charge in [0.2, 0.25) is 0 Å². The molecular formula is C29H30N4O2. The Balaban J connectivity index is 1.49. The number of amides is 1. The quantitative estimate of drug-likeness (QED) is 0.368. The van der Waals surface area contributed by atoms with Crippen LogP contribution in [0.5, 0.6) is 5.75 Å². The van der Waals surface area contributed by atoms with Gasteiger partial charge in [0.15, 0.2) is 0 Å². The van der Waals surface area contributed by atoms with Crippen molar-refractivity contribution in [2.75, 3.05) is 32.9 Å². The standard InChI is InChI=1S/C29H30N4O2/c1-33(2)16-15-31-29(34)24-10-6-9-23(17-24)25-18-27(28(30)32-19-25)22-11-13-26(14-12-22)35-20-21-7-4-3-5-8-21/h3-14,17-19H,15-16,20H2,1-2H3,(H2,30,32)(H,31,34). The lowest BCUT2D eigenvalue weighted by Crippen LogP contribution is -2.31. The van der Waals surface area contributed by atoms with E-state index < -0.39 is 0 Å². The Hall–Kier alpha value is -4.16. The average molecular weight is 467 g/mol. The molecule has 0 fully saturated rings. The van der Waals surface area contributed by atoms with Crippen molar-refractivity contribution in [1.29, 1.82) is 0 Å². The molecular weight excluding hydrogens is 436 g/mol. The summed E-state index contributed by atoms with van der Waals surface area (Å²) in [7, 11) is 3.95. The van der Waals surface area contributed by atoms with Crippen LogP contribution in [-0.4, -0.2) is 43.0 Å². The van der Waals surface area contributed by atoms with Crippen LogP contribution in [0.4, 0.5) is 5.82 Å². The number of pyridine rings is 1. The van der Waals surface area contributed by atoms with Crippen molar-refractivity contribution < 1.29 is 9.53 Å². The molecule has 178 valence electrons. The van der Waals surface area contributed by atoms with Gasteiger partial charge in [-0.05, 0) is 61.1 Å². The summed E-state index contributed by atoms with van der Waals surface area (Å²) in [5, 5.41) is 2.95. The lowest BCUT2D eigenvalue weighted by molar-refractivity contribution is 0.0951. The number of nitrogen functional groups attached to an aromatic ring is 1. The van der Waals surface area contributed by atoms with E-state index in [2.05, 4.69) is 10.3 Å². The molecule has 0 unspecified atom stereocenters. The van der Waals surface area contributed by atoms with Crippen LogP contribution in [0.15, 0.2) is 91.1 Å². The van der Waals surface area contributed by atoms with Gasteiger partial charge in [0.1, 0.15) is 18.2 Å². The fourth-order valence-electron chi connectivity index (χ4n) is 3.67. The van der Waals surface area contributed by atoms with Crippen LogP contribution in [0.2, 0.25) is 0 Å². The van der Waals surface area contributed by atoms with Crippen LogP contribution >= 0.6 is 0 Å². The highest BCUT2D eigenvalue weighted by Gasteiger charge is 2.11. The topological polar surface area (TPSA) is 80.5 Å². The first-order valence-corrected chi connectivity index (χ1v) is 11.6. The smallest absolute Gasteiger partial charge is 0.251 e. The molecule has 4 rings (SSSR count). The predicted octanol–water partition coefficient (Wildman–Crippen LogP) is 4.87. The van der Waals surface area contributed by atoms with E-state index in [-0.39, 0.29) is 5.91 Å². The number of hydrogen-bond acceptors (Lipinski definition) is 5. The first-order chi connectivity index (χ1) is 17.0. The molecule has 0 radical (unpaired) electrons. The lowest BCUT2D eigenvalue weighted by Gasteiger charge is -2.12. The molecule has 0 aliphatic carbocycles. The number of benzene rings is 3. The van der Waals surface area contributed by atoms with Crippen molar-refractivity contribution in [2.24, 2.45) is 0 Å². The van der Waals surface area contributed by atoms with Crippen LogP contribution in [-0.2, 0) is 6.61 Å². The third kappa shape index (κ3) is 6.46. The maximum Gasteiger partial charge on any atom is 0.251 e. The summed E-state index contributed by atoms with van der Waals surface area (Å²) in [6, 6.07) is 27.4. The largest absolute Gasteiger partial charge is 0.489 e. The second kappa shape index (κ2) is 11.3. The molecule has 0 atom stereocenters. The van der Waals surface area contributed by atoms with Crippen molar-refractivity contribution in [3.05, 3.63) is 102 Å². The molecule has 1 heterocycles. The number of likely N-dealkylation sites (N-methyl/N-ethyl adjacent to an activating group) is 1. The first kappa shape index (κ1) is 24.0. The van der Waals surface area contributed by atoms with Crippen LogP contribution in [0, 0.1) is 0 Å². The average Bonchev–Trinajstić information content (AvgIpc) is 2.88. The van der Waals surface area contributed by atoms with Crippen molar-refractivity contribution >= 4 is 11.7 Å². The Morgan fingerprint density at radius 1 is 0.914 bits per heavy atom. The maximum absolute atomic E-state index is 12.6. The number of aromatic nitrogens is 1. The van der Waals surface area contributed by atoms with Crippen molar-refractivity contribution in [3.63, 3.8) is 0 Å². The zero-order valence-corrected chi connectivity index (χ0v) is 20.1. The minimum absolute atomic E-state index is 0.0941. The molecule has 3 aromatic carbocycles. The summed E-state index contributed by atoms with van der Waals surface area (Å²) in [6.07, 6.45) is 1.74. The second-order valence-electron chi connectivity index (χ2n) is 8.60. The fourth-order valence-corrected chi connectivity index (χ4v) is 3.67. The minimum Gasteiger partial charge on any atom is -0.489 e. The molecule has 35 heavy (non-hydrogen) atoms. The van der Waals surface area contributed by atoms with Crippen molar-refractivity contribution in [2.45, 2.75) is 6.61 Å². The Bertz CT molecular complexity index is 1270.